The van der Waals surface area contributed by atoms with Crippen LogP contribution in [0.4, 0.5) is 22.0 Å². The normalized spacial score (nSPS) is 12.8. The van der Waals surface area contributed by atoms with Gasteiger partial charge < -0.3 is 10.5 Å². The zero-order valence-electron chi connectivity index (χ0n) is 9.29. The van der Waals surface area contributed by atoms with Crippen molar-refractivity contribution in [1.29, 1.82) is 0 Å². The number of nitrogens with two attached hydrogens (primary N) is 1. The number of halogens is 6. The lowest BCUT2D eigenvalue weighted by Gasteiger charge is -2.15. The van der Waals surface area contributed by atoms with Gasteiger partial charge in [0.15, 0.2) is 5.03 Å². The van der Waals surface area contributed by atoms with Crippen molar-refractivity contribution in [3.63, 3.8) is 0 Å². The van der Waals surface area contributed by atoms with Crippen molar-refractivity contribution in [1.82, 2.24) is 4.98 Å². The third-order valence-electron chi connectivity index (χ3n) is 1.92. The highest BCUT2D eigenvalue weighted by atomic mass is 35.7. The van der Waals surface area contributed by atoms with Crippen molar-refractivity contribution in [3.8, 4) is 5.75 Å². The Morgan fingerprint density at radius 3 is 2.30 bits per heavy atom. The van der Waals surface area contributed by atoms with Crippen LogP contribution in [0.5, 0.6) is 5.75 Å². The first-order valence-electron chi connectivity index (χ1n) is 4.68. The average molecular weight is 341 g/mol. The minimum atomic E-state index is -5.30. The smallest absolute Gasteiger partial charge is 0.405 e. The Morgan fingerprint density at radius 2 is 1.95 bits per heavy atom. The fraction of sp³-hybridized carbons (Fsp3) is 0.375. The first-order chi connectivity index (χ1) is 8.95. The lowest BCUT2D eigenvalue weighted by Crippen LogP contribution is -2.20. The van der Waals surface area contributed by atoms with Crippen molar-refractivity contribution in [2.24, 2.45) is 5.73 Å². The van der Waals surface area contributed by atoms with Gasteiger partial charge in [0.05, 0.1) is 11.3 Å². The fourth-order valence-electron chi connectivity index (χ4n) is 1.26. The maximum absolute atomic E-state index is 12.8. The Balaban J connectivity index is 3.63. The van der Waals surface area contributed by atoms with Crippen molar-refractivity contribution >= 4 is 19.7 Å². The van der Waals surface area contributed by atoms with Gasteiger partial charge in [-0.3, -0.25) is 0 Å². The zero-order chi connectivity index (χ0) is 15.7. The summed E-state index contributed by atoms with van der Waals surface area (Å²) in [6, 6.07) is 0.473. The molecule has 1 aromatic heterocycles. The summed E-state index contributed by atoms with van der Waals surface area (Å²) in [4.78, 5) is 3.20. The number of rotatable bonds is 4. The van der Waals surface area contributed by atoms with E-state index in [1.165, 1.54) is 0 Å². The lowest BCUT2D eigenvalue weighted by atomic mass is 10.2. The number of hydrogen-bond donors (Lipinski definition) is 1. The van der Waals surface area contributed by atoms with Crippen LogP contribution in [0.2, 0.25) is 0 Å². The molecule has 0 radical (unpaired) electrons. The predicted octanol–water partition coefficient (Wildman–Crippen LogP) is 2.30. The van der Waals surface area contributed by atoms with Crippen molar-refractivity contribution in [2.45, 2.75) is 24.4 Å². The van der Waals surface area contributed by atoms with Crippen LogP contribution in [0, 0.1) is 0 Å². The molecule has 1 rings (SSSR count). The van der Waals surface area contributed by atoms with Crippen LogP contribution in [0.1, 0.15) is 17.7 Å². The van der Waals surface area contributed by atoms with Gasteiger partial charge in [0, 0.05) is 23.3 Å². The predicted molar refractivity (Wildman–Crippen MR) is 56.8 cm³/mol. The summed E-state index contributed by atoms with van der Waals surface area (Å²) in [6.45, 7) is -0.503. The van der Waals surface area contributed by atoms with Gasteiger partial charge in [-0.25, -0.2) is 22.2 Å². The SMILES string of the molecule is NCc1cc(OC(F)(F)F)c(C(F)F)c(S(=O)(=O)Cl)n1. The molecule has 0 bridgehead atoms. The highest BCUT2D eigenvalue weighted by molar-refractivity contribution is 8.13. The van der Waals surface area contributed by atoms with Crippen LogP contribution < -0.4 is 10.5 Å². The maximum atomic E-state index is 12.8. The molecule has 0 atom stereocenters. The minimum Gasteiger partial charge on any atom is -0.405 e. The number of aromatic nitrogens is 1. The third-order valence-corrected chi connectivity index (χ3v) is 3.13. The molecule has 20 heavy (non-hydrogen) atoms. The zero-order valence-corrected chi connectivity index (χ0v) is 10.9. The highest BCUT2D eigenvalue weighted by Gasteiger charge is 2.36. The quantitative estimate of drug-likeness (QED) is 0.672. The Bertz CT molecular complexity index is 605. The molecular weight excluding hydrogens is 335 g/mol. The Hall–Kier alpha value is -1.20. The molecule has 0 aromatic carbocycles. The van der Waals surface area contributed by atoms with E-state index in [1.54, 1.807) is 0 Å². The standard InChI is InChI=1S/C8H6ClF5N2O3S/c9-20(17,18)7-5(6(10)11)4(19-8(12,13)14)1-3(2-15)16-7/h1,6H,2,15H2. The summed E-state index contributed by atoms with van der Waals surface area (Å²) in [5.41, 5.74) is 3.11. The van der Waals surface area contributed by atoms with Gasteiger partial charge in [-0.05, 0) is 0 Å². The first kappa shape index (κ1) is 16.9. The van der Waals surface area contributed by atoms with Gasteiger partial charge in [0.1, 0.15) is 5.75 Å². The summed E-state index contributed by atoms with van der Waals surface area (Å²) in [6.07, 6.45) is -8.90. The molecule has 0 aliphatic heterocycles. The molecule has 0 saturated heterocycles. The molecule has 0 aliphatic carbocycles. The van der Waals surface area contributed by atoms with Gasteiger partial charge in [0.25, 0.3) is 15.5 Å². The topological polar surface area (TPSA) is 82.3 Å². The van der Waals surface area contributed by atoms with Crippen LogP contribution in [0.25, 0.3) is 0 Å². The minimum absolute atomic E-state index is 0.409. The molecule has 0 unspecified atom stereocenters. The summed E-state index contributed by atoms with van der Waals surface area (Å²) in [5.74, 6) is -1.41. The second-order valence-electron chi connectivity index (χ2n) is 3.32. The molecule has 0 saturated carbocycles. The van der Waals surface area contributed by atoms with Gasteiger partial charge in [-0.15, -0.1) is 13.2 Å². The number of nitrogens with zero attached hydrogens (tertiary/aromatic N) is 1. The molecule has 0 amide bonds. The lowest BCUT2D eigenvalue weighted by molar-refractivity contribution is -0.275. The second-order valence-corrected chi connectivity index (χ2v) is 5.80. The van der Waals surface area contributed by atoms with Crippen molar-refractivity contribution in [3.05, 3.63) is 17.3 Å². The molecule has 0 aliphatic rings. The molecule has 0 spiro atoms. The van der Waals surface area contributed by atoms with E-state index in [0.717, 1.165) is 0 Å². The second kappa shape index (κ2) is 5.66. The number of alkyl halides is 5. The largest absolute Gasteiger partial charge is 0.573 e. The van der Waals surface area contributed by atoms with E-state index in [1.807, 2.05) is 0 Å². The maximum Gasteiger partial charge on any atom is 0.573 e. The Kier molecular flexibility index (Phi) is 4.77. The van der Waals surface area contributed by atoms with E-state index in [0.29, 0.717) is 6.07 Å². The summed E-state index contributed by atoms with van der Waals surface area (Å²) >= 11 is 0. The van der Waals surface area contributed by atoms with Gasteiger partial charge in [-0.1, -0.05) is 0 Å². The first-order valence-corrected chi connectivity index (χ1v) is 6.99. The summed E-state index contributed by atoms with van der Waals surface area (Å²) < 4.78 is 87.7. The van der Waals surface area contributed by atoms with Crippen LogP contribution >= 0.6 is 10.7 Å². The molecule has 114 valence electrons. The highest BCUT2D eigenvalue weighted by Crippen LogP contribution is 2.38. The molecule has 5 nitrogen and oxygen atoms in total. The van der Waals surface area contributed by atoms with E-state index >= 15 is 0 Å². The van der Waals surface area contributed by atoms with Crippen LogP contribution in [0.3, 0.4) is 0 Å². The Labute approximate surface area is 113 Å². The molecule has 2 N–H and O–H groups in total. The number of hydrogen-bond acceptors (Lipinski definition) is 5. The third kappa shape index (κ3) is 4.15. The van der Waals surface area contributed by atoms with Gasteiger partial charge in [0.2, 0.25) is 0 Å². The van der Waals surface area contributed by atoms with E-state index in [4.69, 9.17) is 16.4 Å². The monoisotopic (exact) mass is 340 g/mol. The van der Waals surface area contributed by atoms with E-state index in [-0.39, 0.29) is 0 Å². The fourth-order valence-corrected chi connectivity index (χ4v) is 2.29. The van der Waals surface area contributed by atoms with E-state index < -0.39 is 50.4 Å². The summed E-state index contributed by atoms with van der Waals surface area (Å²) in [7, 11) is 0.0677. The van der Waals surface area contributed by atoms with Crippen molar-refractivity contribution < 1.29 is 35.1 Å². The number of ether oxygens (including phenoxy) is 1. The van der Waals surface area contributed by atoms with Crippen molar-refractivity contribution in [2.75, 3.05) is 0 Å². The van der Waals surface area contributed by atoms with E-state index in [2.05, 4.69) is 9.72 Å². The van der Waals surface area contributed by atoms with E-state index in [9.17, 15) is 30.4 Å². The summed E-state index contributed by atoms with van der Waals surface area (Å²) in [5, 5.41) is -1.42. The molecule has 1 aromatic rings. The van der Waals surface area contributed by atoms with Gasteiger partial charge >= 0.3 is 6.36 Å². The van der Waals surface area contributed by atoms with Crippen LogP contribution in [-0.2, 0) is 15.6 Å². The number of pyridine rings is 1. The molecule has 0 fully saturated rings. The van der Waals surface area contributed by atoms with Crippen LogP contribution in [-0.4, -0.2) is 19.8 Å². The van der Waals surface area contributed by atoms with Gasteiger partial charge in [-0.2, -0.15) is 0 Å². The van der Waals surface area contributed by atoms with Crippen LogP contribution in [0.15, 0.2) is 11.1 Å². The molecular formula is C8H6ClF5N2O3S. The molecule has 12 heteroatoms. The molecule has 1 heterocycles. The Morgan fingerprint density at radius 1 is 1.40 bits per heavy atom. The average Bonchev–Trinajstić information content (AvgIpc) is 2.23.